The van der Waals surface area contributed by atoms with Crippen LogP contribution in [0.2, 0.25) is 10.0 Å². The molecule has 0 spiro atoms. The van der Waals surface area contributed by atoms with Crippen molar-refractivity contribution in [3.63, 3.8) is 0 Å². The third kappa shape index (κ3) is 5.69. The predicted molar refractivity (Wildman–Crippen MR) is 158 cm³/mol. The number of hydrogen-bond donors (Lipinski definition) is 0. The lowest BCUT2D eigenvalue weighted by Crippen LogP contribution is -2.38. The summed E-state index contributed by atoms with van der Waals surface area (Å²) in [6, 6.07) is 22.0. The molecule has 5 rings (SSSR count). The molecule has 1 atom stereocenters. The third-order valence-corrected chi connectivity index (χ3v) is 7.53. The van der Waals surface area contributed by atoms with Crippen LogP contribution in [0.5, 0.6) is 11.5 Å². The minimum Gasteiger partial charge on any atom is -0.497 e. The highest BCUT2D eigenvalue weighted by molar-refractivity contribution is 6.32. The summed E-state index contributed by atoms with van der Waals surface area (Å²) in [6.45, 7) is 2.24. The second-order valence-corrected chi connectivity index (χ2v) is 10.4. The van der Waals surface area contributed by atoms with Gasteiger partial charge in [-0.15, -0.1) is 0 Å². The number of anilines is 1. The van der Waals surface area contributed by atoms with E-state index in [1.165, 1.54) is 18.2 Å². The van der Waals surface area contributed by atoms with Gasteiger partial charge in [-0.2, -0.15) is 0 Å². The van der Waals surface area contributed by atoms with Crippen LogP contribution in [-0.2, 0) is 17.8 Å². The molecule has 1 unspecified atom stereocenters. The van der Waals surface area contributed by atoms with Gasteiger partial charge >= 0.3 is 0 Å². The molecule has 0 radical (unpaired) electrons. The molecule has 0 fully saturated rings. The number of rotatable bonds is 7. The number of fused-ring (bicyclic) bond motifs is 1. The Morgan fingerprint density at radius 1 is 0.925 bits per heavy atom. The Labute approximate surface area is 242 Å². The van der Waals surface area contributed by atoms with E-state index in [1.54, 1.807) is 25.2 Å². The van der Waals surface area contributed by atoms with Crippen molar-refractivity contribution in [3.05, 3.63) is 123 Å². The van der Waals surface area contributed by atoms with Crippen LogP contribution in [0.15, 0.2) is 83.9 Å². The SMILES string of the molecule is COc1ccc(CN2C(=O)C(Cc3cc(F)ccc3Cl)N=C(c3ccc(OC)c(C)c3)c3cc(Cl)ccc32)cc1. The molecule has 0 aromatic heterocycles. The lowest BCUT2D eigenvalue weighted by Gasteiger charge is -2.26. The first-order chi connectivity index (χ1) is 19.3. The quantitative estimate of drug-likeness (QED) is 0.229. The normalized spacial score (nSPS) is 14.8. The Balaban J connectivity index is 1.68. The molecular formula is C32H27Cl2FN2O3. The van der Waals surface area contributed by atoms with Gasteiger partial charge in [0, 0.05) is 27.6 Å². The fourth-order valence-corrected chi connectivity index (χ4v) is 5.25. The number of halogens is 3. The molecule has 1 aliphatic heterocycles. The average molecular weight is 577 g/mol. The summed E-state index contributed by atoms with van der Waals surface area (Å²) in [5.74, 6) is 0.794. The highest BCUT2D eigenvalue weighted by Gasteiger charge is 2.33. The lowest BCUT2D eigenvalue weighted by atomic mass is 9.98. The topological polar surface area (TPSA) is 51.1 Å². The molecule has 0 N–H and O–H groups in total. The zero-order chi connectivity index (χ0) is 28.4. The van der Waals surface area contributed by atoms with Gasteiger partial charge in [0.1, 0.15) is 23.4 Å². The van der Waals surface area contributed by atoms with E-state index in [2.05, 4.69) is 0 Å². The second-order valence-electron chi connectivity index (χ2n) is 9.55. The molecule has 0 bridgehead atoms. The summed E-state index contributed by atoms with van der Waals surface area (Å²) >= 11 is 12.9. The Hall–Kier alpha value is -3.87. The van der Waals surface area contributed by atoms with E-state index < -0.39 is 11.9 Å². The van der Waals surface area contributed by atoms with Crippen molar-refractivity contribution < 1.29 is 18.7 Å². The number of carbonyl (C=O) groups is 1. The first-order valence-corrected chi connectivity index (χ1v) is 13.4. The minimum atomic E-state index is -0.874. The summed E-state index contributed by atoms with van der Waals surface area (Å²) in [4.78, 5) is 21.0. The molecular weight excluding hydrogens is 550 g/mol. The third-order valence-electron chi connectivity index (χ3n) is 6.93. The van der Waals surface area contributed by atoms with Crippen molar-refractivity contribution in [2.45, 2.75) is 25.9 Å². The molecule has 204 valence electrons. The van der Waals surface area contributed by atoms with E-state index in [0.29, 0.717) is 32.6 Å². The van der Waals surface area contributed by atoms with Crippen LogP contribution in [0.4, 0.5) is 10.1 Å². The number of carbonyl (C=O) groups excluding carboxylic acids is 1. The number of aliphatic imine (C=N–C) groups is 1. The summed E-state index contributed by atoms with van der Waals surface area (Å²) in [5.41, 5.74) is 5.12. The molecule has 1 amide bonds. The van der Waals surface area contributed by atoms with Crippen LogP contribution < -0.4 is 14.4 Å². The maximum absolute atomic E-state index is 14.3. The van der Waals surface area contributed by atoms with Crippen LogP contribution in [0.25, 0.3) is 0 Å². The van der Waals surface area contributed by atoms with Crippen LogP contribution in [0.1, 0.15) is 27.8 Å². The zero-order valence-corrected chi connectivity index (χ0v) is 23.8. The van der Waals surface area contributed by atoms with Crippen LogP contribution in [0.3, 0.4) is 0 Å². The van der Waals surface area contributed by atoms with Crippen LogP contribution in [-0.4, -0.2) is 31.9 Å². The van der Waals surface area contributed by atoms with Crippen molar-refractivity contribution in [2.75, 3.05) is 19.1 Å². The van der Waals surface area contributed by atoms with E-state index in [9.17, 15) is 9.18 Å². The number of benzodiazepines with no additional fused rings is 1. The smallest absolute Gasteiger partial charge is 0.252 e. The highest BCUT2D eigenvalue weighted by atomic mass is 35.5. The van der Waals surface area contributed by atoms with Gasteiger partial charge in [0.2, 0.25) is 0 Å². The number of amides is 1. The Bertz CT molecular complexity index is 1600. The summed E-state index contributed by atoms with van der Waals surface area (Å²) in [5, 5.41) is 0.887. The largest absolute Gasteiger partial charge is 0.497 e. The number of hydrogen-bond acceptors (Lipinski definition) is 4. The maximum Gasteiger partial charge on any atom is 0.252 e. The van der Waals surface area contributed by atoms with E-state index in [-0.39, 0.29) is 18.9 Å². The van der Waals surface area contributed by atoms with Gasteiger partial charge in [0.05, 0.1) is 32.2 Å². The summed E-state index contributed by atoms with van der Waals surface area (Å²) in [6.07, 6.45) is 0.120. The maximum atomic E-state index is 14.3. The van der Waals surface area contributed by atoms with Crippen molar-refractivity contribution in [1.29, 1.82) is 0 Å². The Morgan fingerprint density at radius 3 is 2.40 bits per heavy atom. The molecule has 0 aliphatic carbocycles. The molecule has 8 heteroatoms. The predicted octanol–water partition coefficient (Wildman–Crippen LogP) is 7.45. The van der Waals surface area contributed by atoms with Gasteiger partial charge in [0.15, 0.2) is 0 Å². The Morgan fingerprint density at radius 2 is 1.70 bits per heavy atom. The van der Waals surface area contributed by atoms with Crippen molar-refractivity contribution >= 4 is 40.5 Å². The number of benzene rings is 4. The lowest BCUT2D eigenvalue weighted by molar-refractivity contribution is -0.119. The highest BCUT2D eigenvalue weighted by Crippen LogP contribution is 2.34. The monoisotopic (exact) mass is 576 g/mol. The number of aryl methyl sites for hydroxylation is 1. The fraction of sp³-hybridized carbons (Fsp3) is 0.188. The average Bonchev–Trinajstić information content (AvgIpc) is 3.05. The molecule has 5 nitrogen and oxygen atoms in total. The molecule has 0 saturated heterocycles. The van der Waals surface area contributed by atoms with Gasteiger partial charge in [0.25, 0.3) is 5.91 Å². The van der Waals surface area contributed by atoms with Crippen molar-refractivity contribution in [3.8, 4) is 11.5 Å². The molecule has 1 aliphatic rings. The van der Waals surface area contributed by atoms with Gasteiger partial charge < -0.3 is 14.4 Å². The van der Waals surface area contributed by atoms with Crippen molar-refractivity contribution in [2.24, 2.45) is 4.99 Å². The molecule has 40 heavy (non-hydrogen) atoms. The molecule has 0 saturated carbocycles. The van der Waals surface area contributed by atoms with Gasteiger partial charge in [-0.1, -0.05) is 35.3 Å². The van der Waals surface area contributed by atoms with Crippen molar-refractivity contribution in [1.82, 2.24) is 0 Å². The Kier molecular flexibility index (Phi) is 8.10. The van der Waals surface area contributed by atoms with Crippen LogP contribution in [0, 0.1) is 12.7 Å². The minimum absolute atomic E-state index is 0.120. The van der Waals surface area contributed by atoms with E-state index in [0.717, 1.165) is 28.2 Å². The standard InChI is InChI=1S/C32H27Cl2FN2O3/c1-19-14-21(6-13-30(19)40-3)31-26-17-23(33)7-12-29(26)37(18-20-4-9-25(39-2)10-5-20)32(38)28(36-31)16-22-15-24(35)8-11-27(22)34/h4-15,17,28H,16,18H2,1-3H3. The van der Waals surface area contributed by atoms with Crippen LogP contribution >= 0.6 is 23.2 Å². The summed E-state index contributed by atoms with van der Waals surface area (Å²) in [7, 11) is 3.23. The van der Waals surface area contributed by atoms with E-state index in [4.69, 9.17) is 37.7 Å². The number of ether oxygens (including phenoxy) is 2. The second kappa shape index (κ2) is 11.7. The van der Waals surface area contributed by atoms with Gasteiger partial charge in [-0.05, 0) is 90.3 Å². The summed E-state index contributed by atoms with van der Waals surface area (Å²) < 4.78 is 25.0. The number of methoxy groups -OCH3 is 2. The first-order valence-electron chi connectivity index (χ1n) is 12.7. The number of nitrogens with zero attached hydrogens (tertiary/aromatic N) is 2. The molecule has 4 aromatic carbocycles. The fourth-order valence-electron chi connectivity index (χ4n) is 4.89. The van der Waals surface area contributed by atoms with E-state index in [1.807, 2.05) is 61.5 Å². The molecule has 1 heterocycles. The molecule has 4 aromatic rings. The first kappa shape index (κ1) is 27.7. The van der Waals surface area contributed by atoms with Gasteiger partial charge in [-0.3, -0.25) is 9.79 Å². The van der Waals surface area contributed by atoms with Gasteiger partial charge in [-0.25, -0.2) is 4.39 Å². The zero-order valence-electron chi connectivity index (χ0n) is 22.3. The van der Waals surface area contributed by atoms with E-state index >= 15 is 0 Å².